The second kappa shape index (κ2) is 6.48. The average Bonchev–Trinajstić information content (AvgIpc) is 3.18. The van der Waals surface area contributed by atoms with E-state index in [0.717, 1.165) is 48.0 Å². The Morgan fingerprint density at radius 1 is 1.36 bits per heavy atom. The molecule has 7 heteroatoms. The highest BCUT2D eigenvalue weighted by molar-refractivity contribution is 5.88. The van der Waals surface area contributed by atoms with Gasteiger partial charge in [-0.1, -0.05) is 13.8 Å². The van der Waals surface area contributed by atoms with Crippen LogP contribution in [0.3, 0.4) is 0 Å². The van der Waals surface area contributed by atoms with Gasteiger partial charge in [-0.25, -0.2) is 9.97 Å². The molecule has 0 aromatic carbocycles. The third kappa shape index (κ3) is 3.11. The normalized spacial score (nSPS) is 18.4. The van der Waals surface area contributed by atoms with Crippen LogP contribution in [0.15, 0.2) is 24.5 Å². The molecule has 1 atom stereocenters. The van der Waals surface area contributed by atoms with Gasteiger partial charge in [0.25, 0.3) is 0 Å². The highest BCUT2D eigenvalue weighted by Gasteiger charge is 2.23. The maximum Gasteiger partial charge on any atom is 0.163 e. The molecule has 0 amide bonds. The highest BCUT2D eigenvalue weighted by Crippen LogP contribution is 2.27. The van der Waals surface area contributed by atoms with Crippen molar-refractivity contribution in [3.8, 4) is 11.5 Å². The Bertz CT molecular complexity index is 863. The summed E-state index contributed by atoms with van der Waals surface area (Å²) in [5.41, 5.74) is 1.65. The van der Waals surface area contributed by atoms with Crippen molar-refractivity contribution in [3.63, 3.8) is 0 Å². The summed E-state index contributed by atoms with van der Waals surface area (Å²) in [6.07, 6.45) is 5.06. The molecule has 25 heavy (non-hydrogen) atoms. The zero-order valence-corrected chi connectivity index (χ0v) is 15.0. The second-order valence-electron chi connectivity index (χ2n) is 7.23. The molecule has 1 aliphatic rings. The average molecular weight is 339 g/mol. The van der Waals surface area contributed by atoms with Crippen LogP contribution in [0.4, 0.5) is 5.82 Å². The summed E-state index contributed by atoms with van der Waals surface area (Å²) >= 11 is 0. The van der Waals surface area contributed by atoms with Gasteiger partial charge >= 0.3 is 0 Å². The SMILES string of the molecule is CC(C)C[C@H]1CN(c2cn(C)c(-c3n[nH]c4ncccc34)n2)CCN1. The molecule has 1 aliphatic heterocycles. The van der Waals surface area contributed by atoms with Crippen LogP contribution in [-0.2, 0) is 7.05 Å². The zero-order chi connectivity index (χ0) is 17.4. The number of nitrogens with one attached hydrogen (secondary N) is 2. The molecule has 7 nitrogen and oxygen atoms in total. The van der Waals surface area contributed by atoms with E-state index in [1.165, 1.54) is 6.42 Å². The summed E-state index contributed by atoms with van der Waals surface area (Å²) in [7, 11) is 2.02. The van der Waals surface area contributed by atoms with Crippen LogP contribution in [0, 0.1) is 5.92 Å². The summed E-state index contributed by atoms with van der Waals surface area (Å²) in [4.78, 5) is 11.6. The van der Waals surface area contributed by atoms with Crippen molar-refractivity contribution in [1.82, 2.24) is 30.0 Å². The fraction of sp³-hybridized carbons (Fsp3) is 0.500. The molecule has 1 fully saturated rings. The fourth-order valence-electron chi connectivity index (χ4n) is 3.61. The van der Waals surface area contributed by atoms with Crippen molar-refractivity contribution >= 4 is 16.9 Å². The Kier molecular flexibility index (Phi) is 4.17. The van der Waals surface area contributed by atoms with Crippen molar-refractivity contribution in [2.45, 2.75) is 26.3 Å². The molecule has 0 spiro atoms. The van der Waals surface area contributed by atoms with Crippen molar-refractivity contribution in [1.29, 1.82) is 0 Å². The smallest absolute Gasteiger partial charge is 0.163 e. The quantitative estimate of drug-likeness (QED) is 0.762. The van der Waals surface area contributed by atoms with E-state index in [2.05, 4.69) is 50.0 Å². The number of hydrogen-bond donors (Lipinski definition) is 2. The van der Waals surface area contributed by atoms with Crippen molar-refractivity contribution in [2.75, 3.05) is 24.5 Å². The molecule has 1 saturated heterocycles. The predicted molar refractivity (Wildman–Crippen MR) is 99.5 cm³/mol. The lowest BCUT2D eigenvalue weighted by Crippen LogP contribution is -2.51. The van der Waals surface area contributed by atoms with Gasteiger partial charge in [-0.15, -0.1) is 0 Å². The maximum atomic E-state index is 4.89. The summed E-state index contributed by atoms with van der Waals surface area (Å²) in [6, 6.07) is 4.48. The molecule has 3 aromatic rings. The van der Waals surface area contributed by atoms with Crippen LogP contribution in [0.1, 0.15) is 20.3 Å². The first kappa shape index (κ1) is 16.1. The van der Waals surface area contributed by atoms with E-state index in [-0.39, 0.29) is 0 Å². The lowest BCUT2D eigenvalue weighted by molar-refractivity contribution is 0.387. The Labute approximate surface area is 147 Å². The van der Waals surface area contributed by atoms with Gasteiger partial charge in [0.05, 0.1) is 5.39 Å². The molecule has 0 bridgehead atoms. The van der Waals surface area contributed by atoms with E-state index in [9.17, 15) is 0 Å². The number of fused-ring (bicyclic) bond motifs is 1. The Hall–Kier alpha value is -2.41. The van der Waals surface area contributed by atoms with E-state index in [1.54, 1.807) is 6.20 Å². The fourth-order valence-corrected chi connectivity index (χ4v) is 3.61. The third-order valence-electron chi connectivity index (χ3n) is 4.75. The monoisotopic (exact) mass is 339 g/mol. The molecule has 0 radical (unpaired) electrons. The first-order chi connectivity index (χ1) is 12.1. The number of H-pyrrole nitrogens is 1. The number of aromatic nitrogens is 5. The Morgan fingerprint density at radius 3 is 3.08 bits per heavy atom. The molecule has 4 heterocycles. The highest BCUT2D eigenvalue weighted by atomic mass is 15.3. The number of piperazine rings is 1. The van der Waals surface area contributed by atoms with Gasteiger partial charge in [0.2, 0.25) is 0 Å². The molecular formula is C18H25N7. The minimum atomic E-state index is 0.523. The third-order valence-corrected chi connectivity index (χ3v) is 4.75. The van der Waals surface area contributed by atoms with Gasteiger partial charge < -0.3 is 14.8 Å². The zero-order valence-electron chi connectivity index (χ0n) is 15.0. The van der Waals surface area contributed by atoms with E-state index in [1.807, 2.05) is 19.2 Å². The number of nitrogens with zero attached hydrogens (tertiary/aromatic N) is 5. The second-order valence-corrected chi connectivity index (χ2v) is 7.23. The standard InChI is InChI=1S/C18H25N7/c1-12(2)9-13-10-25(8-7-19-13)15-11-24(3)18(21-15)16-14-5-4-6-20-17(14)23-22-16/h4-6,11-13,19H,7-10H2,1-3H3,(H,20,22,23)/t13-/m0/s1. The number of rotatable bonds is 4. The van der Waals surface area contributed by atoms with Gasteiger partial charge in [-0.2, -0.15) is 5.10 Å². The minimum Gasteiger partial charge on any atom is -0.352 e. The Morgan fingerprint density at radius 2 is 2.24 bits per heavy atom. The molecule has 0 unspecified atom stereocenters. The molecule has 4 rings (SSSR count). The van der Waals surface area contributed by atoms with E-state index < -0.39 is 0 Å². The molecule has 0 saturated carbocycles. The van der Waals surface area contributed by atoms with Crippen LogP contribution in [0.25, 0.3) is 22.6 Å². The Balaban J connectivity index is 1.62. The molecule has 3 aromatic heterocycles. The molecule has 0 aliphatic carbocycles. The molecule has 132 valence electrons. The van der Waals surface area contributed by atoms with Crippen LogP contribution in [0.2, 0.25) is 0 Å². The number of imidazole rings is 1. The van der Waals surface area contributed by atoms with Crippen LogP contribution in [-0.4, -0.2) is 50.4 Å². The van der Waals surface area contributed by atoms with Gasteiger partial charge in [-0.05, 0) is 24.5 Å². The van der Waals surface area contributed by atoms with E-state index in [0.29, 0.717) is 12.0 Å². The molecule has 2 N–H and O–H groups in total. The summed E-state index contributed by atoms with van der Waals surface area (Å²) in [6.45, 7) is 7.52. The number of hydrogen-bond acceptors (Lipinski definition) is 5. The van der Waals surface area contributed by atoms with E-state index >= 15 is 0 Å². The number of aryl methyl sites for hydroxylation is 1. The van der Waals surface area contributed by atoms with Gasteiger partial charge in [0, 0.05) is 45.1 Å². The largest absolute Gasteiger partial charge is 0.352 e. The van der Waals surface area contributed by atoms with Crippen LogP contribution in [0.5, 0.6) is 0 Å². The van der Waals surface area contributed by atoms with Crippen molar-refractivity contribution in [2.24, 2.45) is 13.0 Å². The minimum absolute atomic E-state index is 0.523. The van der Waals surface area contributed by atoms with Gasteiger partial charge in [-0.3, -0.25) is 5.10 Å². The summed E-state index contributed by atoms with van der Waals surface area (Å²) < 4.78 is 2.05. The van der Waals surface area contributed by atoms with Gasteiger partial charge in [0.1, 0.15) is 11.5 Å². The number of pyridine rings is 1. The summed E-state index contributed by atoms with van der Waals surface area (Å²) in [5.74, 6) is 2.58. The number of aromatic amines is 1. The first-order valence-corrected chi connectivity index (χ1v) is 8.93. The summed E-state index contributed by atoms with van der Waals surface area (Å²) in [5, 5.41) is 12.1. The predicted octanol–water partition coefficient (Wildman–Crippen LogP) is 2.18. The topological polar surface area (TPSA) is 74.7 Å². The number of anilines is 1. The lowest BCUT2D eigenvalue weighted by atomic mass is 10.0. The maximum absolute atomic E-state index is 4.89. The van der Waals surface area contributed by atoms with Crippen molar-refractivity contribution < 1.29 is 0 Å². The van der Waals surface area contributed by atoms with Crippen LogP contribution >= 0.6 is 0 Å². The van der Waals surface area contributed by atoms with E-state index in [4.69, 9.17) is 4.98 Å². The van der Waals surface area contributed by atoms with Crippen molar-refractivity contribution in [3.05, 3.63) is 24.5 Å². The van der Waals surface area contributed by atoms with Crippen LogP contribution < -0.4 is 10.2 Å². The lowest BCUT2D eigenvalue weighted by Gasteiger charge is -2.34. The first-order valence-electron chi connectivity index (χ1n) is 8.93. The molecular weight excluding hydrogens is 314 g/mol. The van der Waals surface area contributed by atoms with Gasteiger partial charge in [0.15, 0.2) is 11.5 Å².